The fraction of sp³-hybridized carbons (Fsp3) is 0.480. The SMILES string of the molecule is CC(C)(O)Cn1cc(-c2nc(Nc3ccc(S(=O)(=O)NC4CCC(CO)CC4)cc3F)ncc2C(F)(F)F)cn1. The highest BCUT2D eigenvalue weighted by atomic mass is 32.2. The van der Waals surface area contributed by atoms with Gasteiger partial charge in [0.1, 0.15) is 11.4 Å². The summed E-state index contributed by atoms with van der Waals surface area (Å²) in [4.78, 5) is 7.30. The molecule has 3 aromatic rings. The van der Waals surface area contributed by atoms with Crippen molar-refractivity contribution in [1.82, 2.24) is 24.5 Å². The molecule has 4 N–H and O–H groups in total. The van der Waals surface area contributed by atoms with Crippen molar-refractivity contribution in [2.24, 2.45) is 5.92 Å². The second kappa shape index (κ2) is 11.4. The number of hydrogen-bond donors (Lipinski definition) is 4. The van der Waals surface area contributed by atoms with Crippen LogP contribution in [-0.2, 0) is 22.7 Å². The minimum absolute atomic E-state index is 0.00281. The standard InChI is InChI=1S/C25H30F4N6O4S/c1-24(2,37)14-35-12-16(10-31-35)22-19(25(27,28)29)11-30-23(33-22)32-21-8-7-18(9-20(21)26)40(38,39)34-17-5-3-15(13-36)4-6-17/h7-12,15,17,34,36-37H,3-6,13-14H2,1-2H3,(H,30,32,33). The van der Waals surface area contributed by atoms with Crippen molar-refractivity contribution in [1.29, 1.82) is 0 Å². The van der Waals surface area contributed by atoms with Crippen molar-refractivity contribution >= 4 is 21.7 Å². The summed E-state index contributed by atoms with van der Waals surface area (Å²) in [6.07, 6.45) is 0.682. The lowest BCUT2D eigenvalue weighted by molar-refractivity contribution is -0.137. The number of anilines is 2. The van der Waals surface area contributed by atoms with E-state index >= 15 is 0 Å². The second-order valence-corrected chi connectivity index (χ2v) is 12.2. The minimum atomic E-state index is -4.79. The molecule has 10 nitrogen and oxygen atoms in total. The summed E-state index contributed by atoms with van der Waals surface area (Å²) < 4.78 is 85.4. The molecule has 4 rings (SSSR count). The van der Waals surface area contributed by atoms with E-state index in [4.69, 9.17) is 0 Å². The number of rotatable bonds is 9. The molecule has 0 aliphatic heterocycles. The lowest BCUT2D eigenvalue weighted by Crippen LogP contribution is -2.38. The van der Waals surface area contributed by atoms with Crippen LogP contribution in [-0.4, -0.2) is 56.6 Å². The summed E-state index contributed by atoms with van der Waals surface area (Å²) in [6.45, 7) is 3.11. The third-order valence-corrected chi connectivity index (χ3v) is 7.99. The van der Waals surface area contributed by atoms with E-state index in [9.17, 15) is 36.2 Å². The molecule has 2 heterocycles. The smallest absolute Gasteiger partial charge is 0.396 e. The average Bonchev–Trinajstić information content (AvgIpc) is 3.31. The van der Waals surface area contributed by atoms with Crippen LogP contribution in [0.25, 0.3) is 11.3 Å². The van der Waals surface area contributed by atoms with E-state index in [1.165, 1.54) is 30.8 Å². The zero-order chi connectivity index (χ0) is 29.3. The molecule has 1 aliphatic rings. The van der Waals surface area contributed by atoms with Gasteiger partial charge in [-0.3, -0.25) is 4.68 Å². The average molecular weight is 587 g/mol. The highest BCUT2D eigenvalue weighted by molar-refractivity contribution is 7.89. The summed E-state index contributed by atoms with van der Waals surface area (Å²) in [5.74, 6) is -1.19. The Labute approximate surface area is 228 Å². The Morgan fingerprint density at radius 2 is 1.82 bits per heavy atom. The number of aliphatic hydroxyl groups excluding tert-OH is 1. The van der Waals surface area contributed by atoms with E-state index in [-0.39, 0.29) is 47.2 Å². The summed E-state index contributed by atoms with van der Waals surface area (Å²) in [6, 6.07) is 2.77. The molecule has 218 valence electrons. The van der Waals surface area contributed by atoms with E-state index < -0.39 is 38.9 Å². The first-order valence-corrected chi connectivity index (χ1v) is 14.0. The molecular weight excluding hydrogens is 556 g/mol. The normalized spacial score (nSPS) is 18.6. The van der Waals surface area contributed by atoms with Gasteiger partial charge in [-0.25, -0.2) is 27.5 Å². The van der Waals surface area contributed by atoms with E-state index in [0.717, 1.165) is 18.3 Å². The van der Waals surface area contributed by atoms with Gasteiger partial charge in [-0.15, -0.1) is 0 Å². The monoisotopic (exact) mass is 586 g/mol. The summed E-state index contributed by atoms with van der Waals surface area (Å²) in [5.41, 5.74) is -3.05. The number of nitrogens with zero attached hydrogens (tertiary/aromatic N) is 4. The fourth-order valence-electron chi connectivity index (χ4n) is 4.47. The maximum atomic E-state index is 14.9. The highest BCUT2D eigenvalue weighted by Gasteiger charge is 2.36. The van der Waals surface area contributed by atoms with Crippen LogP contribution in [0.4, 0.5) is 29.2 Å². The highest BCUT2D eigenvalue weighted by Crippen LogP contribution is 2.36. The Kier molecular flexibility index (Phi) is 8.49. The minimum Gasteiger partial charge on any atom is -0.396 e. The van der Waals surface area contributed by atoms with Gasteiger partial charge in [-0.2, -0.15) is 18.3 Å². The molecule has 15 heteroatoms. The third kappa shape index (κ3) is 7.33. The first kappa shape index (κ1) is 29.8. The van der Waals surface area contributed by atoms with E-state index in [1.54, 1.807) is 0 Å². The van der Waals surface area contributed by atoms with Gasteiger partial charge in [0.15, 0.2) is 0 Å². The summed E-state index contributed by atoms with van der Waals surface area (Å²) >= 11 is 0. The van der Waals surface area contributed by atoms with Crippen LogP contribution >= 0.6 is 0 Å². The molecule has 0 amide bonds. The molecule has 0 radical (unpaired) electrons. The molecular formula is C25H30F4N6O4S. The Morgan fingerprint density at radius 1 is 1.12 bits per heavy atom. The number of sulfonamides is 1. The van der Waals surface area contributed by atoms with Crippen LogP contribution in [0.3, 0.4) is 0 Å². The molecule has 0 bridgehead atoms. The topological polar surface area (TPSA) is 142 Å². The number of aromatic nitrogens is 4. The maximum absolute atomic E-state index is 14.9. The fourth-order valence-corrected chi connectivity index (χ4v) is 5.79. The predicted octanol–water partition coefficient (Wildman–Crippen LogP) is 3.84. The molecule has 40 heavy (non-hydrogen) atoms. The Hall–Kier alpha value is -3.14. The number of benzene rings is 1. The van der Waals surface area contributed by atoms with Crippen molar-refractivity contribution < 1.29 is 36.2 Å². The summed E-state index contributed by atoms with van der Waals surface area (Å²) in [7, 11) is -4.04. The van der Waals surface area contributed by atoms with Gasteiger partial charge in [-0.1, -0.05) is 0 Å². The van der Waals surface area contributed by atoms with Gasteiger partial charge in [0.05, 0.1) is 34.6 Å². The van der Waals surface area contributed by atoms with Crippen LogP contribution in [0.5, 0.6) is 0 Å². The van der Waals surface area contributed by atoms with Crippen LogP contribution in [0.1, 0.15) is 45.1 Å². The van der Waals surface area contributed by atoms with Crippen LogP contribution in [0, 0.1) is 11.7 Å². The van der Waals surface area contributed by atoms with Gasteiger partial charge in [0.2, 0.25) is 16.0 Å². The van der Waals surface area contributed by atoms with Crippen molar-refractivity contribution in [3.8, 4) is 11.3 Å². The Morgan fingerprint density at radius 3 is 2.42 bits per heavy atom. The molecule has 1 fully saturated rings. The third-order valence-electron chi connectivity index (χ3n) is 6.47. The van der Waals surface area contributed by atoms with E-state index in [1.807, 2.05) is 0 Å². The van der Waals surface area contributed by atoms with Crippen molar-refractivity contribution in [3.63, 3.8) is 0 Å². The summed E-state index contributed by atoms with van der Waals surface area (Å²) in [5, 5.41) is 25.7. The zero-order valence-electron chi connectivity index (χ0n) is 21.8. The van der Waals surface area contributed by atoms with Crippen molar-refractivity contribution in [3.05, 3.63) is 48.2 Å². The van der Waals surface area contributed by atoms with E-state index in [0.29, 0.717) is 31.9 Å². The van der Waals surface area contributed by atoms with Crippen molar-refractivity contribution in [2.75, 3.05) is 11.9 Å². The molecule has 0 saturated heterocycles. The lowest BCUT2D eigenvalue weighted by atomic mass is 9.87. The van der Waals surface area contributed by atoms with Gasteiger partial charge in [0.25, 0.3) is 0 Å². The second-order valence-electron chi connectivity index (χ2n) is 10.5. The number of nitrogens with one attached hydrogen (secondary N) is 2. The molecule has 2 aromatic heterocycles. The molecule has 1 saturated carbocycles. The first-order valence-electron chi connectivity index (χ1n) is 12.5. The Bertz CT molecular complexity index is 1450. The number of alkyl halides is 3. The lowest BCUT2D eigenvalue weighted by Gasteiger charge is -2.27. The molecule has 1 aromatic carbocycles. The Balaban J connectivity index is 1.55. The molecule has 0 spiro atoms. The quantitative estimate of drug-likeness (QED) is 0.277. The zero-order valence-corrected chi connectivity index (χ0v) is 22.6. The number of hydrogen-bond acceptors (Lipinski definition) is 8. The van der Waals surface area contributed by atoms with E-state index in [2.05, 4.69) is 25.1 Å². The van der Waals surface area contributed by atoms with Crippen LogP contribution in [0.2, 0.25) is 0 Å². The van der Waals surface area contributed by atoms with Gasteiger partial charge in [-0.05, 0) is 63.6 Å². The largest absolute Gasteiger partial charge is 0.419 e. The van der Waals surface area contributed by atoms with Crippen LogP contribution in [0.15, 0.2) is 41.7 Å². The van der Waals surface area contributed by atoms with Crippen molar-refractivity contribution in [2.45, 2.75) is 68.8 Å². The molecule has 0 unspecified atom stereocenters. The first-order chi connectivity index (χ1) is 18.6. The molecule has 0 atom stereocenters. The number of halogens is 4. The molecule has 1 aliphatic carbocycles. The van der Waals surface area contributed by atoms with Gasteiger partial charge < -0.3 is 15.5 Å². The van der Waals surface area contributed by atoms with Gasteiger partial charge >= 0.3 is 6.18 Å². The maximum Gasteiger partial charge on any atom is 0.419 e. The van der Waals surface area contributed by atoms with Gasteiger partial charge in [0, 0.05) is 30.6 Å². The van der Waals surface area contributed by atoms with Crippen LogP contribution < -0.4 is 10.0 Å². The number of aliphatic hydroxyl groups is 2. The predicted molar refractivity (Wildman–Crippen MR) is 137 cm³/mol.